The van der Waals surface area contributed by atoms with E-state index in [0.29, 0.717) is 12.5 Å². The van der Waals surface area contributed by atoms with Crippen molar-refractivity contribution in [3.63, 3.8) is 0 Å². The normalized spacial score (nSPS) is 27.0. The predicted molar refractivity (Wildman–Crippen MR) is 78.1 cm³/mol. The largest absolute Gasteiger partial charge is 0.345 e. The van der Waals surface area contributed by atoms with Crippen molar-refractivity contribution < 1.29 is 4.79 Å². The number of carbonyl (C=O) groups excluding carboxylic acids is 1. The third-order valence-electron chi connectivity index (χ3n) is 4.17. The van der Waals surface area contributed by atoms with Crippen LogP contribution < -0.4 is 11.1 Å². The van der Waals surface area contributed by atoms with Gasteiger partial charge in [0.15, 0.2) is 0 Å². The molecule has 0 aromatic heterocycles. The Balaban J connectivity index is 2.09. The summed E-state index contributed by atoms with van der Waals surface area (Å²) < 4.78 is 0. The van der Waals surface area contributed by atoms with E-state index in [0.717, 1.165) is 30.4 Å². The Morgan fingerprint density at radius 2 is 2.11 bits per heavy atom. The monoisotopic (exact) mass is 260 g/mol. The van der Waals surface area contributed by atoms with Crippen LogP contribution in [0.4, 0.5) is 0 Å². The van der Waals surface area contributed by atoms with E-state index in [-0.39, 0.29) is 11.4 Å². The van der Waals surface area contributed by atoms with Crippen LogP contribution in [0.5, 0.6) is 0 Å². The maximum atomic E-state index is 12.3. The Bertz CT molecular complexity index is 441. The Morgan fingerprint density at radius 3 is 2.68 bits per heavy atom. The van der Waals surface area contributed by atoms with Crippen LogP contribution in [0.1, 0.15) is 48.5 Å². The molecular formula is C16H24N2O. The highest BCUT2D eigenvalue weighted by atomic mass is 16.1. The molecule has 2 rings (SSSR count). The third kappa shape index (κ3) is 3.35. The van der Waals surface area contributed by atoms with Gasteiger partial charge in [0.05, 0.1) is 5.54 Å². The molecule has 1 aliphatic rings. The van der Waals surface area contributed by atoms with Crippen molar-refractivity contribution in [1.29, 1.82) is 0 Å². The van der Waals surface area contributed by atoms with Crippen LogP contribution >= 0.6 is 0 Å². The molecule has 104 valence electrons. The summed E-state index contributed by atoms with van der Waals surface area (Å²) in [5.41, 5.74) is 7.61. The maximum Gasteiger partial charge on any atom is 0.251 e. The standard InChI is InChI=1S/C16H24N2O/c1-12-5-7-14(8-6-12)15(19)18-16(11-17)9-3-4-13(2)10-16/h5-8,13H,3-4,9-11,17H2,1-2H3,(H,18,19). The van der Waals surface area contributed by atoms with Crippen LogP contribution in [0.3, 0.4) is 0 Å². The van der Waals surface area contributed by atoms with Crippen molar-refractivity contribution in [2.75, 3.05) is 6.54 Å². The summed E-state index contributed by atoms with van der Waals surface area (Å²) >= 11 is 0. The molecule has 3 heteroatoms. The summed E-state index contributed by atoms with van der Waals surface area (Å²) in [6.45, 7) is 4.78. The van der Waals surface area contributed by atoms with Crippen LogP contribution in [0.15, 0.2) is 24.3 Å². The highest BCUT2D eigenvalue weighted by Crippen LogP contribution is 2.31. The third-order valence-corrected chi connectivity index (χ3v) is 4.17. The first-order valence-electron chi connectivity index (χ1n) is 7.14. The van der Waals surface area contributed by atoms with Crippen molar-refractivity contribution >= 4 is 5.91 Å². The van der Waals surface area contributed by atoms with Crippen molar-refractivity contribution in [2.24, 2.45) is 11.7 Å². The maximum absolute atomic E-state index is 12.3. The van der Waals surface area contributed by atoms with Gasteiger partial charge < -0.3 is 11.1 Å². The quantitative estimate of drug-likeness (QED) is 0.877. The van der Waals surface area contributed by atoms with Crippen LogP contribution in [0, 0.1) is 12.8 Å². The molecule has 1 amide bonds. The lowest BCUT2D eigenvalue weighted by molar-refractivity contribution is 0.0854. The van der Waals surface area contributed by atoms with Gasteiger partial charge in [-0.25, -0.2) is 0 Å². The molecule has 0 saturated heterocycles. The summed E-state index contributed by atoms with van der Waals surface area (Å²) in [5, 5.41) is 3.18. The first-order valence-corrected chi connectivity index (χ1v) is 7.14. The van der Waals surface area contributed by atoms with Crippen LogP contribution in [0.25, 0.3) is 0 Å². The molecule has 2 atom stereocenters. The van der Waals surface area contributed by atoms with E-state index < -0.39 is 0 Å². The molecule has 0 heterocycles. The molecule has 19 heavy (non-hydrogen) atoms. The minimum atomic E-state index is -0.209. The molecule has 0 radical (unpaired) electrons. The van der Waals surface area contributed by atoms with E-state index >= 15 is 0 Å². The average molecular weight is 260 g/mol. The van der Waals surface area contributed by atoms with Crippen LogP contribution in [-0.4, -0.2) is 18.0 Å². The number of nitrogens with two attached hydrogens (primary N) is 1. The second-order valence-corrected chi connectivity index (χ2v) is 6.01. The highest BCUT2D eigenvalue weighted by Gasteiger charge is 2.35. The van der Waals surface area contributed by atoms with E-state index in [1.807, 2.05) is 31.2 Å². The minimum Gasteiger partial charge on any atom is -0.345 e. The number of benzene rings is 1. The fraction of sp³-hybridized carbons (Fsp3) is 0.562. The first-order chi connectivity index (χ1) is 9.04. The molecule has 0 aliphatic heterocycles. The molecular weight excluding hydrogens is 236 g/mol. The molecule has 1 fully saturated rings. The van der Waals surface area contributed by atoms with Crippen molar-refractivity contribution in [3.8, 4) is 0 Å². The number of amides is 1. The zero-order valence-corrected chi connectivity index (χ0v) is 11.9. The highest BCUT2D eigenvalue weighted by molar-refractivity contribution is 5.94. The summed E-state index contributed by atoms with van der Waals surface area (Å²) in [7, 11) is 0. The van der Waals surface area contributed by atoms with Gasteiger partial charge in [-0.1, -0.05) is 37.5 Å². The van der Waals surface area contributed by atoms with Gasteiger partial charge in [0.25, 0.3) is 5.91 Å². The number of carbonyl (C=O) groups is 1. The predicted octanol–water partition coefficient (Wildman–Crippen LogP) is 2.63. The van der Waals surface area contributed by atoms with E-state index in [2.05, 4.69) is 12.2 Å². The molecule has 3 nitrogen and oxygen atoms in total. The molecule has 0 bridgehead atoms. The summed E-state index contributed by atoms with van der Waals surface area (Å²) in [6, 6.07) is 7.68. The Hall–Kier alpha value is -1.35. The molecule has 1 saturated carbocycles. The fourth-order valence-corrected chi connectivity index (χ4v) is 3.03. The van der Waals surface area contributed by atoms with Gasteiger partial charge in [-0.2, -0.15) is 0 Å². The Kier molecular flexibility index (Phi) is 4.25. The van der Waals surface area contributed by atoms with E-state index in [9.17, 15) is 4.79 Å². The van der Waals surface area contributed by atoms with Crippen molar-refractivity contribution in [1.82, 2.24) is 5.32 Å². The zero-order valence-electron chi connectivity index (χ0n) is 11.9. The van der Waals surface area contributed by atoms with Gasteiger partial charge >= 0.3 is 0 Å². The number of rotatable bonds is 3. The Morgan fingerprint density at radius 1 is 1.42 bits per heavy atom. The molecule has 2 unspecified atom stereocenters. The van der Waals surface area contributed by atoms with Gasteiger partial charge in [-0.15, -0.1) is 0 Å². The van der Waals surface area contributed by atoms with Gasteiger partial charge in [0.1, 0.15) is 0 Å². The number of hydrogen-bond acceptors (Lipinski definition) is 2. The molecule has 0 spiro atoms. The zero-order chi connectivity index (χ0) is 13.9. The lowest BCUT2D eigenvalue weighted by atomic mass is 9.76. The number of aryl methyl sites for hydroxylation is 1. The van der Waals surface area contributed by atoms with Crippen LogP contribution in [-0.2, 0) is 0 Å². The fourth-order valence-electron chi connectivity index (χ4n) is 3.03. The van der Waals surface area contributed by atoms with Gasteiger partial charge in [-0.3, -0.25) is 4.79 Å². The summed E-state index contributed by atoms with van der Waals surface area (Å²) in [6.07, 6.45) is 4.36. The number of hydrogen-bond donors (Lipinski definition) is 2. The first kappa shape index (κ1) is 14.1. The average Bonchev–Trinajstić information content (AvgIpc) is 2.39. The lowest BCUT2D eigenvalue weighted by Gasteiger charge is -2.40. The summed E-state index contributed by atoms with van der Waals surface area (Å²) in [4.78, 5) is 12.3. The van der Waals surface area contributed by atoms with E-state index in [1.165, 1.54) is 6.42 Å². The van der Waals surface area contributed by atoms with Gasteiger partial charge in [0, 0.05) is 12.1 Å². The smallest absolute Gasteiger partial charge is 0.251 e. The van der Waals surface area contributed by atoms with Gasteiger partial charge in [0.2, 0.25) is 0 Å². The van der Waals surface area contributed by atoms with Gasteiger partial charge in [-0.05, 0) is 37.8 Å². The van der Waals surface area contributed by atoms with E-state index in [4.69, 9.17) is 5.73 Å². The van der Waals surface area contributed by atoms with Crippen molar-refractivity contribution in [2.45, 2.75) is 45.1 Å². The topological polar surface area (TPSA) is 55.1 Å². The second kappa shape index (κ2) is 5.74. The number of nitrogens with one attached hydrogen (secondary N) is 1. The molecule has 3 N–H and O–H groups in total. The minimum absolute atomic E-state index is 0.000417. The Labute approximate surface area is 115 Å². The molecule has 1 aromatic rings. The molecule has 1 aromatic carbocycles. The van der Waals surface area contributed by atoms with Crippen molar-refractivity contribution in [3.05, 3.63) is 35.4 Å². The molecule has 1 aliphatic carbocycles. The SMILES string of the molecule is Cc1ccc(C(=O)NC2(CN)CCCC(C)C2)cc1. The van der Waals surface area contributed by atoms with Crippen LogP contribution in [0.2, 0.25) is 0 Å². The second-order valence-electron chi connectivity index (χ2n) is 6.01. The van der Waals surface area contributed by atoms with E-state index in [1.54, 1.807) is 0 Å². The summed E-state index contributed by atoms with van der Waals surface area (Å²) in [5.74, 6) is 0.634. The lowest BCUT2D eigenvalue weighted by Crippen LogP contribution is -2.56.